The van der Waals surface area contributed by atoms with Crippen molar-refractivity contribution >= 4 is 16.9 Å². The molecule has 0 atom stereocenters. The maximum absolute atomic E-state index is 4.91. The summed E-state index contributed by atoms with van der Waals surface area (Å²) in [6, 6.07) is 0. The van der Waals surface area contributed by atoms with E-state index in [1.165, 1.54) is 57.0 Å². The second-order valence-corrected chi connectivity index (χ2v) is 9.73. The van der Waals surface area contributed by atoms with Crippen molar-refractivity contribution in [2.45, 2.75) is 56.7 Å². The lowest BCUT2D eigenvalue weighted by Crippen LogP contribution is -2.52. The number of nitrogens with one attached hydrogen (secondary N) is 1. The first-order chi connectivity index (χ1) is 10.9. The van der Waals surface area contributed by atoms with Crippen LogP contribution in [-0.4, -0.2) is 71.6 Å². The maximum atomic E-state index is 4.91. The summed E-state index contributed by atoms with van der Waals surface area (Å²) in [5, 5.41) is 4.93. The zero-order valence-corrected chi connectivity index (χ0v) is 16.2. The SMILES string of the molecule is CC1CCC2(CC1)SC(=NCCN1CCN(C)CC1)NC2(C)C. The number of thioether (sulfide) groups is 1. The molecule has 2 aliphatic heterocycles. The highest BCUT2D eigenvalue weighted by Crippen LogP contribution is 2.52. The smallest absolute Gasteiger partial charge is 0.157 e. The van der Waals surface area contributed by atoms with Gasteiger partial charge in [-0.1, -0.05) is 18.7 Å². The Morgan fingerprint density at radius 1 is 1.17 bits per heavy atom. The molecular weight excluding hydrogens is 304 g/mol. The number of hydrogen-bond acceptors (Lipinski definition) is 4. The summed E-state index contributed by atoms with van der Waals surface area (Å²) < 4.78 is 0.367. The van der Waals surface area contributed by atoms with Crippen molar-refractivity contribution in [1.82, 2.24) is 15.1 Å². The number of likely N-dealkylation sites (N-methyl/N-ethyl adjacent to an activating group) is 1. The highest BCUT2D eigenvalue weighted by Gasteiger charge is 2.53. The Labute approximate surface area is 146 Å². The fourth-order valence-corrected chi connectivity index (χ4v) is 5.69. The van der Waals surface area contributed by atoms with E-state index in [0.717, 1.165) is 19.0 Å². The van der Waals surface area contributed by atoms with Crippen molar-refractivity contribution in [3.05, 3.63) is 0 Å². The molecule has 0 radical (unpaired) electrons. The molecular formula is C18H34N4S. The second-order valence-electron chi connectivity index (χ2n) is 8.36. The summed E-state index contributed by atoms with van der Waals surface area (Å²) in [7, 11) is 2.21. The molecule has 2 heterocycles. The third-order valence-corrected chi connectivity index (χ3v) is 7.93. The predicted molar refractivity (Wildman–Crippen MR) is 101 cm³/mol. The minimum absolute atomic E-state index is 0.171. The van der Waals surface area contributed by atoms with E-state index >= 15 is 0 Å². The Balaban J connectivity index is 1.53. The minimum atomic E-state index is 0.171. The van der Waals surface area contributed by atoms with E-state index in [0.29, 0.717) is 4.75 Å². The molecule has 0 aromatic rings. The van der Waals surface area contributed by atoms with Crippen molar-refractivity contribution in [3.8, 4) is 0 Å². The van der Waals surface area contributed by atoms with Crippen molar-refractivity contribution < 1.29 is 0 Å². The molecule has 0 aromatic heterocycles. The Hall–Kier alpha value is -0.260. The van der Waals surface area contributed by atoms with Crippen LogP contribution in [-0.2, 0) is 0 Å². The highest BCUT2D eigenvalue weighted by molar-refractivity contribution is 8.15. The molecule has 3 aliphatic rings. The van der Waals surface area contributed by atoms with E-state index in [1.54, 1.807) is 0 Å². The number of piperazine rings is 1. The Morgan fingerprint density at radius 3 is 2.48 bits per heavy atom. The summed E-state index contributed by atoms with van der Waals surface area (Å²) in [5.74, 6) is 0.898. The normalized spacial score (nSPS) is 37.4. The first-order valence-electron chi connectivity index (χ1n) is 9.33. The molecule has 3 rings (SSSR count). The summed E-state index contributed by atoms with van der Waals surface area (Å²) in [6.07, 6.45) is 5.39. The summed E-state index contributed by atoms with van der Waals surface area (Å²) in [4.78, 5) is 9.87. The molecule has 0 bridgehead atoms. The van der Waals surface area contributed by atoms with Crippen LogP contribution >= 0.6 is 11.8 Å². The Morgan fingerprint density at radius 2 is 1.83 bits per heavy atom. The third-order valence-electron chi connectivity index (χ3n) is 6.20. The van der Waals surface area contributed by atoms with Crippen LogP contribution in [0.1, 0.15) is 46.5 Å². The van der Waals surface area contributed by atoms with Crippen molar-refractivity contribution in [1.29, 1.82) is 0 Å². The zero-order valence-electron chi connectivity index (χ0n) is 15.4. The van der Waals surface area contributed by atoms with Crippen LogP contribution in [0, 0.1) is 5.92 Å². The molecule has 1 spiro atoms. The predicted octanol–water partition coefficient (Wildman–Crippen LogP) is 2.65. The quantitative estimate of drug-likeness (QED) is 0.857. The van der Waals surface area contributed by atoms with Gasteiger partial charge < -0.3 is 10.2 Å². The van der Waals surface area contributed by atoms with E-state index in [9.17, 15) is 0 Å². The van der Waals surface area contributed by atoms with Gasteiger partial charge >= 0.3 is 0 Å². The first-order valence-corrected chi connectivity index (χ1v) is 10.1. The highest BCUT2D eigenvalue weighted by atomic mass is 32.2. The van der Waals surface area contributed by atoms with Gasteiger partial charge in [0, 0.05) is 43.0 Å². The molecule has 23 heavy (non-hydrogen) atoms. The van der Waals surface area contributed by atoms with Gasteiger partial charge in [-0.05, 0) is 52.5 Å². The van der Waals surface area contributed by atoms with Crippen LogP contribution in [0.4, 0.5) is 0 Å². The van der Waals surface area contributed by atoms with Crippen LogP contribution in [0.2, 0.25) is 0 Å². The minimum Gasteiger partial charge on any atom is -0.359 e. The van der Waals surface area contributed by atoms with Crippen LogP contribution in [0.3, 0.4) is 0 Å². The number of hydrogen-bond donors (Lipinski definition) is 1. The first kappa shape index (κ1) is 17.6. The van der Waals surface area contributed by atoms with Crippen LogP contribution in [0.5, 0.6) is 0 Å². The van der Waals surface area contributed by atoms with Gasteiger partial charge in [0.05, 0.1) is 6.54 Å². The second kappa shape index (κ2) is 6.93. The van der Waals surface area contributed by atoms with Crippen molar-refractivity contribution in [2.24, 2.45) is 10.9 Å². The Kier molecular flexibility index (Phi) is 5.29. The molecule has 5 heteroatoms. The van der Waals surface area contributed by atoms with E-state index in [2.05, 4.69) is 42.9 Å². The summed E-state index contributed by atoms with van der Waals surface area (Å²) in [6.45, 7) is 13.9. The van der Waals surface area contributed by atoms with Gasteiger partial charge in [0.25, 0.3) is 0 Å². The molecule has 1 saturated carbocycles. The van der Waals surface area contributed by atoms with Gasteiger partial charge in [-0.15, -0.1) is 0 Å². The van der Waals surface area contributed by atoms with E-state index in [-0.39, 0.29) is 5.54 Å². The van der Waals surface area contributed by atoms with Gasteiger partial charge in [-0.3, -0.25) is 9.89 Å². The molecule has 1 N–H and O–H groups in total. The number of nitrogens with zero attached hydrogens (tertiary/aromatic N) is 3. The lowest BCUT2D eigenvalue weighted by Gasteiger charge is -2.43. The van der Waals surface area contributed by atoms with E-state index < -0.39 is 0 Å². The molecule has 3 fully saturated rings. The largest absolute Gasteiger partial charge is 0.359 e. The van der Waals surface area contributed by atoms with Crippen molar-refractivity contribution in [2.75, 3.05) is 46.3 Å². The van der Waals surface area contributed by atoms with Crippen molar-refractivity contribution in [3.63, 3.8) is 0 Å². The molecule has 2 saturated heterocycles. The average molecular weight is 339 g/mol. The van der Waals surface area contributed by atoms with E-state index in [4.69, 9.17) is 4.99 Å². The Bertz CT molecular complexity index is 432. The lowest BCUT2D eigenvalue weighted by atomic mass is 9.73. The summed E-state index contributed by atoms with van der Waals surface area (Å²) >= 11 is 2.04. The molecule has 0 amide bonds. The average Bonchev–Trinajstić information content (AvgIpc) is 2.75. The molecule has 1 aliphatic carbocycles. The van der Waals surface area contributed by atoms with Crippen LogP contribution < -0.4 is 5.32 Å². The van der Waals surface area contributed by atoms with E-state index in [1.807, 2.05) is 11.8 Å². The number of rotatable bonds is 3. The zero-order chi connectivity index (χ0) is 16.5. The third kappa shape index (κ3) is 3.88. The van der Waals surface area contributed by atoms with Crippen LogP contribution in [0.25, 0.3) is 0 Å². The van der Waals surface area contributed by atoms with Gasteiger partial charge in [-0.2, -0.15) is 0 Å². The van der Waals surface area contributed by atoms with Gasteiger partial charge in [0.1, 0.15) is 0 Å². The van der Waals surface area contributed by atoms with Crippen LogP contribution in [0.15, 0.2) is 4.99 Å². The van der Waals surface area contributed by atoms with Gasteiger partial charge in [-0.25, -0.2) is 0 Å². The maximum Gasteiger partial charge on any atom is 0.157 e. The topological polar surface area (TPSA) is 30.9 Å². The van der Waals surface area contributed by atoms with Gasteiger partial charge in [0.2, 0.25) is 0 Å². The lowest BCUT2D eigenvalue weighted by molar-refractivity contribution is 0.157. The van der Waals surface area contributed by atoms with Gasteiger partial charge in [0.15, 0.2) is 5.17 Å². The molecule has 0 unspecified atom stereocenters. The number of amidine groups is 1. The molecule has 132 valence electrons. The standard InChI is InChI=1S/C18H34N4S/c1-15-5-7-18(8-6-15)17(2,3)20-16(23-18)19-9-10-22-13-11-21(4)12-14-22/h15H,5-14H2,1-4H3,(H,19,20). The summed E-state index contributed by atoms with van der Waals surface area (Å²) in [5.41, 5.74) is 0.171. The molecule has 4 nitrogen and oxygen atoms in total. The number of aliphatic imine (C=N–C) groups is 1. The fourth-order valence-electron chi connectivity index (χ4n) is 4.11. The molecule has 0 aromatic carbocycles. The fraction of sp³-hybridized carbons (Fsp3) is 0.944. The monoisotopic (exact) mass is 338 g/mol.